The molecule has 1 aliphatic rings. The molecule has 0 fully saturated rings. The van der Waals surface area contributed by atoms with Gasteiger partial charge in [-0.3, -0.25) is 14.2 Å². The maximum Gasteiger partial charge on any atom is 0.271 e. The summed E-state index contributed by atoms with van der Waals surface area (Å²) in [5.41, 5.74) is 8.67. The van der Waals surface area contributed by atoms with Crippen molar-refractivity contribution in [3.05, 3.63) is 169 Å². The van der Waals surface area contributed by atoms with Crippen LogP contribution in [0.2, 0.25) is 0 Å². The highest BCUT2D eigenvalue weighted by atomic mass is 32.1. The summed E-state index contributed by atoms with van der Waals surface area (Å²) < 4.78 is 10.1. The first-order chi connectivity index (χ1) is 23.8. The van der Waals surface area contributed by atoms with Gasteiger partial charge in [0, 0.05) is 22.8 Å². The number of hydrogen-bond donors (Lipinski definition) is 1. The number of benzene rings is 4. The highest BCUT2D eigenvalue weighted by Gasteiger charge is 2.32. The predicted octanol–water partition coefficient (Wildman–Crippen LogP) is 7.35. The van der Waals surface area contributed by atoms with Crippen molar-refractivity contribution in [2.45, 2.75) is 33.7 Å². The fourth-order valence-electron chi connectivity index (χ4n) is 6.47. The summed E-state index contributed by atoms with van der Waals surface area (Å²) in [7, 11) is 0. The zero-order valence-corrected chi connectivity index (χ0v) is 28.6. The number of thiazole rings is 1. The minimum absolute atomic E-state index is 0.197. The summed E-state index contributed by atoms with van der Waals surface area (Å²) in [6, 6.07) is 37.2. The van der Waals surface area contributed by atoms with Gasteiger partial charge in [0.15, 0.2) is 4.80 Å². The highest BCUT2D eigenvalue weighted by Crippen LogP contribution is 2.32. The quantitative estimate of drug-likeness (QED) is 0.185. The summed E-state index contributed by atoms with van der Waals surface area (Å²) in [6.07, 6.45) is 1.94. The van der Waals surface area contributed by atoms with Crippen molar-refractivity contribution < 1.29 is 9.53 Å². The van der Waals surface area contributed by atoms with Gasteiger partial charge in [-0.2, -0.15) is 0 Å². The van der Waals surface area contributed by atoms with E-state index >= 15 is 0 Å². The van der Waals surface area contributed by atoms with E-state index in [0.29, 0.717) is 32.9 Å². The number of hydrogen-bond acceptors (Lipinski definition) is 5. The van der Waals surface area contributed by atoms with Gasteiger partial charge >= 0.3 is 0 Å². The Hall–Kier alpha value is -5.73. The molecule has 0 radical (unpaired) electrons. The number of para-hydroxylation sites is 1. The van der Waals surface area contributed by atoms with E-state index in [1.54, 1.807) is 4.57 Å². The summed E-state index contributed by atoms with van der Waals surface area (Å²) in [6.45, 7) is 8.44. The van der Waals surface area contributed by atoms with E-state index < -0.39 is 6.04 Å². The molecule has 8 heteroatoms. The zero-order valence-electron chi connectivity index (χ0n) is 27.8. The second-order valence-electron chi connectivity index (χ2n) is 12.0. The molecule has 0 bridgehead atoms. The van der Waals surface area contributed by atoms with Gasteiger partial charge in [0.1, 0.15) is 5.75 Å². The molecular formula is C41H36N4O3S. The van der Waals surface area contributed by atoms with Crippen molar-refractivity contribution in [3.63, 3.8) is 0 Å². The largest absolute Gasteiger partial charge is 0.494 e. The fourth-order valence-corrected chi connectivity index (χ4v) is 7.50. The Morgan fingerprint density at radius 2 is 1.53 bits per heavy atom. The van der Waals surface area contributed by atoms with Gasteiger partial charge in [-0.15, -0.1) is 0 Å². The van der Waals surface area contributed by atoms with E-state index in [9.17, 15) is 9.59 Å². The number of ether oxygens (including phenoxy) is 1. The van der Waals surface area contributed by atoms with Crippen molar-refractivity contribution in [1.29, 1.82) is 0 Å². The van der Waals surface area contributed by atoms with Crippen molar-refractivity contribution in [3.8, 4) is 22.6 Å². The van der Waals surface area contributed by atoms with Gasteiger partial charge < -0.3 is 14.6 Å². The first kappa shape index (κ1) is 31.8. The van der Waals surface area contributed by atoms with Gasteiger partial charge in [-0.05, 0) is 98.5 Å². The molecule has 0 saturated heterocycles. The summed E-state index contributed by atoms with van der Waals surface area (Å²) in [4.78, 5) is 33.6. The normalized spacial score (nSPS) is 14.4. The average Bonchev–Trinajstić information content (AvgIpc) is 3.58. The molecule has 1 aliphatic heterocycles. The predicted molar refractivity (Wildman–Crippen MR) is 197 cm³/mol. The smallest absolute Gasteiger partial charge is 0.271 e. The third-order valence-corrected chi connectivity index (χ3v) is 9.78. The summed E-state index contributed by atoms with van der Waals surface area (Å²) in [5, 5.41) is 3.01. The molecule has 1 N–H and O–H groups in total. The Morgan fingerprint density at radius 1 is 0.878 bits per heavy atom. The number of carbonyl (C=O) groups excluding carboxylic acids is 1. The lowest BCUT2D eigenvalue weighted by Gasteiger charge is -2.25. The second kappa shape index (κ2) is 13.4. The Balaban J connectivity index is 1.30. The highest BCUT2D eigenvalue weighted by molar-refractivity contribution is 7.07. The van der Waals surface area contributed by atoms with Gasteiger partial charge in [-0.25, -0.2) is 4.99 Å². The number of rotatable bonds is 8. The molecule has 0 aliphatic carbocycles. The minimum atomic E-state index is -0.673. The Bertz CT molecular complexity index is 2370. The fraction of sp³-hybridized carbons (Fsp3) is 0.146. The number of aryl methyl sites for hydroxylation is 1. The number of fused-ring (bicyclic) bond motifs is 1. The zero-order chi connectivity index (χ0) is 34.1. The Morgan fingerprint density at radius 3 is 2.20 bits per heavy atom. The van der Waals surface area contributed by atoms with E-state index in [0.717, 1.165) is 39.5 Å². The maximum atomic E-state index is 14.3. The molecule has 0 unspecified atom stereocenters. The van der Waals surface area contributed by atoms with Crippen LogP contribution in [0.5, 0.6) is 5.75 Å². The number of nitrogens with one attached hydrogen (secondary N) is 1. The molecule has 0 spiro atoms. The first-order valence-electron chi connectivity index (χ1n) is 16.3. The average molecular weight is 665 g/mol. The summed E-state index contributed by atoms with van der Waals surface area (Å²) >= 11 is 1.34. The van der Waals surface area contributed by atoms with Crippen LogP contribution in [0.1, 0.15) is 42.4 Å². The number of nitrogens with zero attached hydrogens (tertiary/aromatic N) is 3. The van der Waals surface area contributed by atoms with E-state index in [-0.39, 0.29) is 11.5 Å². The van der Waals surface area contributed by atoms with E-state index in [2.05, 4.69) is 66.2 Å². The lowest BCUT2D eigenvalue weighted by molar-refractivity contribution is -0.113. The Labute approximate surface area is 288 Å². The first-order valence-corrected chi connectivity index (χ1v) is 17.1. The van der Waals surface area contributed by atoms with Gasteiger partial charge in [0.25, 0.3) is 11.5 Å². The molecule has 0 saturated carbocycles. The van der Waals surface area contributed by atoms with Crippen LogP contribution in [0.15, 0.2) is 136 Å². The molecule has 1 amide bonds. The lowest BCUT2D eigenvalue weighted by Crippen LogP contribution is -2.40. The van der Waals surface area contributed by atoms with Crippen LogP contribution < -0.4 is 24.9 Å². The van der Waals surface area contributed by atoms with Crippen LogP contribution in [-0.4, -0.2) is 21.6 Å². The van der Waals surface area contributed by atoms with Crippen molar-refractivity contribution in [2.24, 2.45) is 4.99 Å². The molecule has 3 heterocycles. The molecule has 7 rings (SSSR count). The van der Waals surface area contributed by atoms with Gasteiger partial charge in [0.2, 0.25) is 0 Å². The third kappa shape index (κ3) is 6.19. The van der Waals surface area contributed by atoms with Crippen LogP contribution in [0, 0.1) is 13.8 Å². The maximum absolute atomic E-state index is 14.3. The molecular weight excluding hydrogens is 629 g/mol. The van der Waals surface area contributed by atoms with Gasteiger partial charge in [-0.1, -0.05) is 84.1 Å². The Kier molecular flexibility index (Phi) is 8.72. The van der Waals surface area contributed by atoms with Gasteiger partial charge in [0.05, 0.1) is 28.5 Å². The third-order valence-electron chi connectivity index (χ3n) is 8.79. The van der Waals surface area contributed by atoms with Crippen molar-refractivity contribution in [2.75, 3.05) is 11.9 Å². The summed E-state index contributed by atoms with van der Waals surface area (Å²) in [5.74, 6) is 0.419. The van der Waals surface area contributed by atoms with Crippen LogP contribution in [0.3, 0.4) is 0 Å². The number of carbonyl (C=O) groups is 1. The molecule has 1 atom stereocenters. The number of anilines is 1. The molecule has 6 aromatic rings. The van der Waals surface area contributed by atoms with E-state index in [4.69, 9.17) is 9.73 Å². The topological polar surface area (TPSA) is 77.6 Å². The molecule has 49 heavy (non-hydrogen) atoms. The molecule has 4 aromatic carbocycles. The standard InChI is InChI=1S/C41H36N4O3S/c1-5-48-35-22-18-31(19-23-35)38-37(39(46)43-33-14-10-7-11-15-33)27(3)42-41-45(38)40(47)36(49-41)25-32-24-26(2)44(28(32)4)34-20-16-30(17-21-34)29-12-8-6-9-13-29/h6-25,38H,5H2,1-4H3,(H,43,46)/b36-25-/t38-/m0/s1. The SMILES string of the molecule is CCOc1ccc([C@H]2C(C(=O)Nc3ccccc3)=C(C)N=c3s/c(=C\c4cc(C)n(-c5ccc(-c6ccccc6)cc5)c4C)c(=O)n32)cc1. The lowest BCUT2D eigenvalue weighted by atomic mass is 9.95. The molecule has 7 nitrogen and oxygen atoms in total. The van der Waals surface area contributed by atoms with Crippen LogP contribution in [-0.2, 0) is 4.79 Å². The van der Waals surface area contributed by atoms with Crippen LogP contribution in [0.4, 0.5) is 5.69 Å². The van der Waals surface area contributed by atoms with Crippen molar-refractivity contribution >= 4 is 29.0 Å². The number of aromatic nitrogens is 2. The number of amides is 1. The molecule has 244 valence electrons. The number of allylic oxidation sites excluding steroid dienone is 1. The monoisotopic (exact) mass is 664 g/mol. The second-order valence-corrected chi connectivity index (χ2v) is 13.0. The van der Waals surface area contributed by atoms with E-state index in [1.807, 2.05) is 92.7 Å². The van der Waals surface area contributed by atoms with Crippen LogP contribution in [0.25, 0.3) is 22.9 Å². The van der Waals surface area contributed by atoms with E-state index in [1.165, 1.54) is 16.9 Å². The van der Waals surface area contributed by atoms with Crippen molar-refractivity contribution in [1.82, 2.24) is 9.13 Å². The minimum Gasteiger partial charge on any atom is -0.494 e. The van der Waals surface area contributed by atoms with Crippen LogP contribution >= 0.6 is 11.3 Å². The molecule has 2 aromatic heterocycles.